The second kappa shape index (κ2) is 6.96. The van der Waals surface area contributed by atoms with E-state index in [9.17, 15) is 14.9 Å². The Morgan fingerprint density at radius 3 is 2.89 bits per heavy atom. The monoisotopic (exact) mass is 380 g/mol. The third kappa shape index (κ3) is 3.40. The number of carbonyl (C=O) groups excluding carboxylic acids is 1. The average molecular weight is 380 g/mol. The van der Waals surface area contributed by atoms with Crippen LogP contribution in [0.1, 0.15) is 5.56 Å². The number of nitrogens with zero attached hydrogens (tertiary/aromatic N) is 3. The summed E-state index contributed by atoms with van der Waals surface area (Å²) in [6.07, 6.45) is 0.0185. The summed E-state index contributed by atoms with van der Waals surface area (Å²) in [6, 6.07) is 13.6. The molecule has 4 rings (SSSR count). The van der Waals surface area contributed by atoms with Crippen LogP contribution in [-0.2, 0) is 11.2 Å². The third-order valence-corrected chi connectivity index (χ3v) is 4.61. The third-order valence-electron chi connectivity index (χ3n) is 4.02. The fourth-order valence-electron chi connectivity index (χ4n) is 2.83. The Balaban J connectivity index is 1.65. The van der Waals surface area contributed by atoms with Gasteiger partial charge in [-0.2, -0.15) is 5.43 Å². The lowest BCUT2D eigenvalue weighted by atomic mass is 10.1. The minimum absolute atomic E-state index is 0.0185. The predicted molar refractivity (Wildman–Crippen MR) is 101 cm³/mol. The van der Waals surface area contributed by atoms with E-state index in [0.29, 0.717) is 17.1 Å². The molecule has 1 amide bonds. The molecule has 9 heteroatoms. The highest BCUT2D eigenvalue weighted by Gasteiger charge is 2.23. The predicted octanol–water partition coefficient (Wildman–Crippen LogP) is 2.80. The van der Waals surface area contributed by atoms with Gasteiger partial charge in [0, 0.05) is 17.5 Å². The summed E-state index contributed by atoms with van der Waals surface area (Å²) in [5, 5.41) is 12.8. The SMILES string of the molecule is O=C(Cc1cccc([N+](=O)[O-])c1)N[n+]1c(-c2cscn2)[nH]c2ccccc21. The van der Waals surface area contributed by atoms with E-state index in [4.69, 9.17) is 0 Å². The van der Waals surface area contributed by atoms with Crippen LogP contribution in [0.5, 0.6) is 0 Å². The molecule has 0 unspecified atom stereocenters. The number of nitrogens with one attached hydrogen (secondary N) is 2. The van der Waals surface area contributed by atoms with E-state index in [-0.39, 0.29) is 18.0 Å². The summed E-state index contributed by atoms with van der Waals surface area (Å²) >= 11 is 1.46. The maximum atomic E-state index is 12.6. The summed E-state index contributed by atoms with van der Waals surface area (Å²) < 4.78 is 1.66. The number of H-pyrrole nitrogens is 1. The minimum Gasteiger partial charge on any atom is -0.271 e. The van der Waals surface area contributed by atoms with E-state index in [2.05, 4.69) is 15.4 Å². The van der Waals surface area contributed by atoms with Crippen molar-refractivity contribution < 1.29 is 14.4 Å². The van der Waals surface area contributed by atoms with Crippen molar-refractivity contribution in [3.05, 3.63) is 75.1 Å². The van der Waals surface area contributed by atoms with E-state index in [0.717, 1.165) is 11.0 Å². The largest absolute Gasteiger partial charge is 0.331 e. The normalized spacial score (nSPS) is 10.8. The lowest BCUT2D eigenvalue weighted by Crippen LogP contribution is -2.49. The van der Waals surface area contributed by atoms with Gasteiger partial charge < -0.3 is 0 Å². The maximum absolute atomic E-state index is 12.6. The first-order valence-corrected chi connectivity index (χ1v) is 9.00. The van der Waals surface area contributed by atoms with Crippen LogP contribution in [0.15, 0.2) is 59.4 Å². The minimum atomic E-state index is -0.476. The fourth-order valence-corrected chi connectivity index (χ4v) is 3.37. The number of fused-ring (bicyclic) bond motifs is 1. The van der Waals surface area contributed by atoms with E-state index in [1.807, 2.05) is 29.6 Å². The number of hydrogen-bond donors (Lipinski definition) is 2. The van der Waals surface area contributed by atoms with Crippen LogP contribution >= 0.6 is 11.3 Å². The summed E-state index contributed by atoms with van der Waals surface area (Å²) in [5.74, 6) is 0.367. The molecule has 4 aromatic rings. The number of aromatic nitrogens is 3. The Labute approximate surface area is 157 Å². The first-order chi connectivity index (χ1) is 13.1. The Morgan fingerprint density at radius 2 is 2.11 bits per heavy atom. The maximum Gasteiger partial charge on any atom is 0.331 e. The molecule has 2 aromatic heterocycles. The number of aromatic amines is 1. The molecule has 0 atom stereocenters. The van der Waals surface area contributed by atoms with Gasteiger partial charge in [0.15, 0.2) is 11.2 Å². The van der Waals surface area contributed by atoms with Gasteiger partial charge in [0.1, 0.15) is 0 Å². The van der Waals surface area contributed by atoms with Gasteiger partial charge in [-0.3, -0.25) is 14.9 Å². The molecule has 8 nitrogen and oxygen atoms in total. The molecule has 0 saturated heterocycles. The zero-order valence-electron chi connectivity index (χ0n) is 14.0. The van der Waals surface area contributed by atoms with Crippen molar-refractivity contribution >= 4 is 34.0 Å². The van der Waals surface area contributed by atoms with Crippen LogP contribution in [0, 0.1) is 10.1 Å². The number of nitro benzene ring substituents is 1. The molecular formula is C18H14N5O3S+. The lowest BCUT2D eigenvalue weighted by Gasteiger charge is -2.04. The van der Waals surface area contributed by atoms with Crippen LogP contribution in [0.4, 0.5) is 5.69 Å². The second-order valence-corrected chi connectivity index (χ2v) is 6.56. The number of benzene rings is 2. The van der Waals surface area contributed by atoms with Crippen molar-refractivity contribution in [2.45, 2.75) is 6.42 Å². The molecule has 0 aliphatic carbocycles. The van der Waals surface area contributed by atoms with Gasteiger partial charge in [-0.1, -0.05) is 24.3 Å². The molecule has 2 heterocycles. The zero-order valence-corrected chi connectivity index (χ0v) is 14.8. The number of thiazole rings is 1. The first kappa shape index (κ1) is 16.9. The number of imidazole rings is 1. The highest BCUT2D eigenvalue weighted by molar-refractivity contribution is 7.07. The van der Waals surface area contributed by atoms with Crippen molar-refractivity contribution in [2.24, 2.45) is 0 Å². The Bertz CT molecular complexity index is 1140. The Morgan fingerprint density at radius 1 is 1.26 bits per heavy atom. The van der Waals surface area contributed by atoms with Crippen LogP contribution in [0.2, 0.25) is 0 Å². The van der Waals surface area contributed by atoms with Crippen molar-refractivity contribution in [1.29, 1.82) is 0 Å². The van der Waals surface area contributed by atoms with Crippen LogP contribution < -0.4 is 10.1 Å². The molecule has 0 aliphatic heterocycles. The molecule has 2 N–H and O–H groups in total. The lowest BCUT2D eigenvalue weighted by molar-refractivity contribution is -0.603. The van der Waals surface area contributed by atoms with Gasteiger partial charge in [0.05, 0.1) is 16.9 Å². The molecule has 0 bridgehead atoms. The van der Waals surface area contributed by atoms with E-state index >= 15 is 0 Å². The zero-order chi connectivity index (χ0) is 18.8. The summed E-state index contributed by atoms with van der Waals surface area (Å²) in [7, 11) is 0. The molecule has 0 spiro atoms. The molecule has 134 valence electrons. The average Bonchev–Trinajstić information content (AvgIpc) is 3.30. The standard InChI is InChI=1S/C18H13N5O3S/c24-17(9-12-4-3-5-13(8-12)23(25)26)21-22-16-7-2-1-6-14(16)20-18(22)15-10-27-11-19-15/h1-8,10-11H,9H2,(H,21,24)/p+1. The smallest absolute Gasteiger partial charge is 0.271 e. The van der Waals surface area contributed by atoms with Crippen molar-refractivity contribution in [1.82, 2.24) is 9.97 Å². The first-order valence-electron chi connectivity index (χ1n) is 8.06. The van der Waals surface area contributed by atoms with Gasteiger partial charge in [0.2, 0.25) is 5.52 Å². The van der Waals surface area contributed by atoms with Gasteiger partial charge in [-0.05, 0) is 17.7 Å². The molecule has 2 aromatic carbocycles. The second-order valence-electron chi connectivity index (χ2n) is 5.84. The number of carbonyl (C=O) groups is 1. The topological polar surface area (TPSA) is 105 Å². The number of para-hydroxylation sites is 2. The quantitative estimate of drug-likeness (QED) is 0.315. The number of hydrogen-bond acceptors (Lipinski definition) is 5. The van der Waals surface area contributed by atoms with Crippen molar-refractivity contribution in [3.8, 4) is 11.5 Å². The Kier molecular flexibility index (Phi) is 4.35. The van der Waals surface area contributed by atoms with E-state index in [1.54, 1.807) is 22.3 Å². The molecular weight excluding hydrogens is 366 g/mol. The molecule has 0 radical (unpaired) electrons. The van der Waals surface area contributed by atoms with Gasteiger partial charge in [0.25, 0.3) is 11.6 Å². The number of rotatable bonds is 5. The Hall–Kier alpha value is -3.59. The summed E-state index contributed by atoms with van der Waals surface area (Å²) in [5.41, 5.74) is 7.48. The highest BCUT2D eigenvalue weighted by atomic mass is 32.1. The van der Waals surface area contributed by atoms with Crippen LogP contribution in [0.3, 0.4) is 0 Å². The number of nitro groups is 1. The summed E-state index contributed by atoms with van der Waals surface area (Å²) in [6.45, 7) is 0. The fraction of sp³-hybridized carbons (Fsp3) is 0.0556. The van der Waals surface area contributed by atoms with Crippen molar-refractivity contribution in [2.75, 3.05) is 5.43 Å². The molecule has 27 heavy (non-hydrogen) atoms. The number of amides is 1. The van der Waals surface area contributed by atoms with E-state index in [1.165, 1.54) is 23.5 Å². The molecule has 0 fully saturated rings. The highest BCUT2D eigenvalue weighted by Crippen LogP contribution is 2.18. The van der Waals surface area contributed by atoms with Crippen LogP contribution in [0.25, 0.3) is 22.6 Å². The molecule has 0 aliphatic rings. The van der Waals surface area contributed by atoms with Gasteiger partial charge in [-0.15, -0.1) is 16.0 Å². The van der Waals surface area contributed by atoms with Crippen molar-refractivity contribution in [3.63, 3.8) is 0 Å². The molecule has 0 saturated carbocycles. The van der Waals surface area contributed by atoms with Gasteiger partial charge >= 0.3 is 5.82 Å². The van der Waals surface area contributed by atoms with E-state index < -0.39 is 4.92 Å². The summed E-state index contributed by atoms with van der Waals surface area (Å²) in [4.78, 5) is 30.6. The number of non-ortho nitro benzene ring substituents is 1. The van der Waals surface area contributed by atoms with Crippen LogP contribution in [-0.4, -0.2) is 20.8 Å². The van der Waals surface area contributed by atoms with Gasteiger partial charge in [-0.25, -0.2) is 9.97 Å².